The van der Waals surface area contributed by atoms with Gasteiger partial charge in [-0.25, -0.2) is 0 Å². The van der Waals surface area contributed by atoms with E-state index in [1.165, 1.54) is 5.56 Å². The summed E-state index contributed by atoms with van der Waals surface area (Å²) in [5.41, 5.74) is 2.25. The van der Waals surface area contributed by atoms with Gasteiger partial charge in [0.2, 0.25) is 11.7 Å². The third-order valence-corrected chi connectivity index (χ3v) is 5.46. The van der Waals surface area contributed by atoms with Crippen LogP contribution in [-0.2, 0) is 11.3 Å². The number of carboxylic acid groups (broad SMARTS) is 1. The van der Waals surface area contributed by atoms with E-state index in [1.54, 1.807) is 0 Å². The lowest BCUT2D eigenvalue weighted by atomic mass is 10.0. The molecule has 2 aromatic rings. The Kier molecular flexibility index (Phi) is 8.61. The van der Waals surface area contributed by atoms with Gasteiger partial charge in [-0.3, -0.25) is 14.6 Å². The van der Waals surface area contributed by atoms with Gasteiger partial charge in [0.15, 0.2) is 0 Å². The third-order valence-electron chi connectivity index (χ3n) is 5.46. The number of halogens is 1. The summed E-state index contributed by atoms with van der Waals surface area (Å²) in [4.78, 5) is 19.8. The van der Waals surface area contributed by atoms with Crippen molar-refractivity contribution >= 4 is 18.4 Å². The molecule has 160 valence electrons. The average molecular weight is 423 g/mol. The standard InChI is InChI=1S/C21H30N4O3.ClH/c1-15(2)16-6-8-17(9-7-16)21-22-19(28-23-21)13-25-11-4-5-18(10-12-25)24(3)14-20(26)27;/h6-9,15,18H,4-5,10-14H2,1-3H3,(H,26,27);1H. The predicted molar refractivity (Wildman–Crippen MR) is 114 cm³/mol. The third kappa shape index (κ3) is 6.52. The molecule has 0 bridgehead atoms. The Bertz CT molecular complexity index is 778. The molecule has 0 amide bonds. The molecule has 1 N–H and O–H groups in total. The van der Waals surface area contributed by atoms with Gasteiger partial charge in [-0.2, -0.15) is 4.98 Å². The molecule has 1 aromatic heterocycles. The molecule has 1 saturated heterocycles. The van der Waals surface area contributed by atoms with Crippen molar-refractivity contribution < 1.29 is 14.4 Å². The summed E-state index contributed by atoms with van der Waals surface area (Å²) in [5.74, 6) is 0.971. The molecule has 2 heterocycles. The van der Waals surface area contributed by atoms with E-state index in [1.807, 2.05) is 24.1 Å². The summed E-state index contributed by atoms with van der Waals surface area (Å²) in [6.45, 7) is 6.92. The molecule has 0 radical (unpaired) electrons. The molecule has 1 atom stereocenters. The van der Waals surface area contributed by atoms with Crippen molar-refractivity contribution in [1.82, 2.24) is 19.9 Å². The Morgan fingerprint density at radius 1 is 1.28 bits per heavy atom. The molecular formula is C21H31ClN4O3. The van der Waals surface area contributed by atoms with Gasteiger partial charge in [-0.1, -0.05) is 43.3 Å². The number of likely N-dealkylation sites (tertiary alicyclic amines) is 1. The molecule has 8 heteroatoms. The lowest BCUT2D eigenvalue weighted by Gasteiger charge is -2.25. The number of aliphatic carboxylic acids is 1. The Morgan fingerprint density at radius 3 is 2.66 bits per heavy atom. The van der Waals surface area contributed by atoms with Gasteiger partial charge in [0.05, 0.1) is 13.1 Å². The van der Waals surface area contributed by atoms with Crippen molar-refractivity contribution in [1.29, 1.82) is 0 Å². The normalized spacial score (nSPS) is 17.9. The van der Waals surface area contributed by atoms with Crippen LogP contribution in [-0.4, -0.2) is 63.7 Å². The first-order valence-electron chi connectivity index (χ1n) is 9.99. The van der Waals surface area contributed by atoms with E-state index in [9.17, 15) is 4.79 Å². The highest BCUT2D eigenvalue weighted by molar-refractivity contribution is 5.85. The Labute approximate surface area is 178 Å². The number of hydrogen-bond acceptors (Lipinski definition) is 6. The maximum atomic E-state index is 10.9. The fourth-order valence-electron chi connectivity index (χ4n) is 3.72. The van der Waals surface area contributed by atoms with Crippen molar-refractivity contribution in [2.24, 2.45) is 0 Å². The Morgan fingerprint density at radius 2 is 2.00 bits per heavy atom. The van der Waals surface area contributed by atoms with Gasteiger partial charge < -0.3 is 9.63 Å². The summed E-state index contributed by atoms with van der Waals surface area (Å²) in [5, 5.41) is 13.1. The number of benzene rings is 1. The number of carbonyl (C=O) groups is 1. The van der Waals surface area contributed by atoms with E-state index < -0.39 is 5.97 Å². The van der Waals surface area contributed by atoms with Crippen LogP contribution >= 0.6 is 12.4 Å². The number of carboxylic acids is 1. The first-order chi connectivity index (χ1) is 13.4. The fourth-order valence-corrected chi connectivity index (χ4v) is 3.72. The second-order valence-electron chi connectivity index (χ2n) is 7.96. The fraction of sp³-hybridized carbons (Fsp3) is 0.571. The summed E-state index contributed by atoms with van der Waals surface area (Å²) in [6, 6.07) is 8.60. The van der Waals surface area contributed by atoms with Crippen LogP contribution in [0.3, 0.4) is 0 Å². The smallest absolute Gasteiger partial charge is 0.317 e. The highest BCUT2D eigenvalue weighted by atomic mass is 35.5. The van der Waals surface area contributed by atoms with Crippen LogP contribution in [0.15, 0.2) is 28.8 Å². The molecule has 0 saturated carbocycles. The minimum atomic E-state index is -0.775. The van der Waals surface area contributed by atoms with E-state index in [-0.39, 0.29) is 19.0 Å². The molecule has 7 nitrogen and oxygen atoms in total. The van der Waals surface area contributed by atoms with E-state index in [0.29, 0.717) is 30.2 Å². The maximum Gasteiger partial charge on any atom is 0.317 e. The van der Waals surface area contributed by atoms with E-state index >= 15 is 0 Å². The van der Waals surface area contributed by atoms with Gasteiger partial charge in [-0.15, -0.1) is 12.4 Å². The van der Waals surface area contributed by atoms with Crippen LogP contribution in [0.25, 0.3) is 11.4 Å². The van der Waals surface area contributed by atoms with Gasteiger partial charge in [0, 0.05) is 18.2 Å². The van der Waals surface area contributed by atoms with Gasteiger partial charge in [-0.05, 0) is 44.3 Å². The van der Waals surface area contributed by atoms with Crippen molar-refractivity contribution in [2.75, 3.05) is 26.7 Å². The summed E-state index contributed by atoms with van der Waals surface area (Å²) in [7, 11) is 1.89. The number of hydrogen-bond donors (Lipinski definition) is 1. The number of aromatic nitrogens is 2. The maximum absolute atomic E-state index is 10.9. The predicted octanol–water partition coefficient (Wildman–Crippen LogP) is 3.65. The van der Waals surface area contributed by atoms with Crippen LogP contribution in [0.4, 0.5) is 0 Å². The monoisotopic (exact) mass is 422 g/mol. The lowest BCUT2D eigenvalue weighted by Crippen LogP contribution is -2.36. The number of rotatable bonds is 7. The van der Waals surface area contributed by atoms with E-state index in [2.05, 4.69) is 41.0 Å². The molecule has 0 aliphatic carbocycles. The Balaban J connectivity index is 0.00000300. The van der Waals surface area contributed by atoms with E-state index in [4.69, 9.17) is 9.63 Å². The van der Waals surface area contributed by atoms with Gasteiger partial charge in [0.25, 0.3) is 0 Å². The first kappa shape index (κ1) is 23.3. The zero-order valence-corrected chi connectivity index (χ0v) is 18.2. The summed E-state index contributed by atoms with van der Waals surface area (Å²) < 4.78 is 5.48. The minimum absolute atomic E-state index is 0. The van der Waals surface area contributed by atoms with Crippen LogP contribution in [0.5, 0.6) is 0 Å². The molecule has 1 aliphatic heterocycles. The SMILES string of the molecule is CC(C)c1ccc(-c2noc(CN3CCCC(N(C)CC(=O)O)CC3)n2)cc1.Cl. The highest BCUT2D eigenvalue weighted by Crippen LogP contribution is 2.22. The molecule has 1 aliphatic rings. The molecule has 1 aromatic carbocycles. The second-order valence-corrected chi connectivity index (χ2v) is 7.96. The quantitative estimate of drug-likeness (QED) is 0.729. The average Bonchev–Trinajstić information content (AvgIpc) is 2.99. The molecule has 29 heavy (non-hydrogen) atoms. The number of nitrogens with zero attached hydrogens (tertiary/aromatic N) is 4. The van der Waals surface area contributed by atoms with Gasteiger partial charge >= 0.3 is 5.97 Å². The van der Waals surface area contributed by atoms with Crippen LogP contribution < -0.4 is 0 Å². The highest BCUT2D eigenvalue weighted by Gasteiger charge is 2.23. The minimum Gasteiger partial charge on any atom is -0.480 e. The molecule has 3 rings (SSSR count). The van der Waals surface area contributed by atoms with Crippen LogP contribution in [0, 0.1) is 0 Å². The number of likely N-dealkylation sites (N-methyl/N-ethyl adjacent to an activating group) is 1. The van der Waals surface area contributed by atoms with Crippen molar-refractivity contribution in [2.45, 2.75) is 51.6 Å². The second kappa shape index (κ2) is 10.7. The topological polar surface area (TPSA) is 82.7 Å². The van der Waals surface area contributed by atoms with Crippen molar-refractivity contribution in [3.8, 4) is 11.4 Å². The zero-order valence-electron chi connectivity index (χ0n) is 17.4. The molecule has 1 unspecified atom stereocenters. The van der Waals surface area contributed by atoms with E-state index in [0.717, 1.165) is 37.9 Å². The molecule has 1 fully saturated rings. The molecular weight excluding hydrogens is 392 g/mol. The molecule has 0 spiro atoms. The van der Waals surface area contributed by atoms with Crippen LogP contribution in [0.2, 0.25) is 0 Å². The summed E-state index contributed by atoms with van der Waals surface area (Å²) >= 11 is 0. The largest absolute Gasteiger partial charge is 0.480 e. The van der Waals surface area contributed by atoms with Crippen molar-refractivity contribution in [3.05, 3.63) is 35.7 Å². The summed E-state index contributed by atoms with van der Waals surface area (Å²) in [6.07, 6.45) is 2.99. The zero-order chi connectivity index (χ0) is 20.1. The lowest BCUT2D eigenvalue weighted by molar-refractivity contribution is -0.138. The van der Waals surface area contributed by atoms with Crippen LogP contribution in [0.1, 0.15) is 50.5 Å². The van der Waals surface area contributed by atoms with Crippen molar-refractivity contribution in [3.63, 3.8) is 0 Å². The Hall–Kier alpha value is -1.96. The first-order valence-corrected chi connectivity index (χ1v) is 9.99. The van der Waals surface area contributed by atoms with Gasteiger partial charge in [0.1, 0.15) is 0 Å².